The molecule has 0 radical (unpaired) electrons. The maximum atomic E-state index is 12.4. The Morgan fingerprint density at radius 3 is 1.65 bits per heavy atom. The van der Waals surface area contributed by atoms with Gasteiger partial charge in [-0.05, 0) is 55.3 Å². The normalized spacial score (nSPS) is 12.7. The van der Waals surface area contributed by atoms with Gasteiger partial charge in [0.25, 0.3) is 11.8 Å². The van der Waals surface area contributed by atoms with E-state index in [1.165, 1.54) is 9.80 Å². The van der Waals surface area contributed by atoms with Crippen LogP contribution in [0.15, 0.2) is 53.6 Å². The summed E-state index contributed by atoms with van der Waals surface area (Å²) in [5.74, 6) is 5.63. The molecular weight excluding hydrogens is 430 g/mol. The molecule has 1 atom stereocenters. The molecule has 2 rings (SSSR count). The first-order valence-corrected chi connectivity index (χ1v) is 11.3. The smallest absolute Gasteiger partial charge is 0.253 e. The highest BCUT2D eigenvalue weighted by molar-refractivity contribution is 5.98. The highest BCUT2D eigenvalue weighted by Gasteiger charge is 2.40. The van der Waals surface area contributed by atoms with Gasteiger partial charge in [-0.1, -0.05) is 31.2 Å². The van der Waals surface area contributed by atoms with Crippen molar-refractivity contribution in [2.45, 2.75) is 31.7 Å². The summed E-state index contributed by atoms with van der Waals surface area (Å²) >= 11 is 0. The minimum Gasteiger partial charge on any atom is -0.385 e. The van der Waals surface area contributed by atoms with E-state index < -0.39 is 5.41 Å². The second kappa shape index (κ2) is 11.6. The average Bonchev–Trinajstić information content (AvgIpc) is 2.82. The summed E-state index contributed by atoms with van der Waals surface area (Å²) in [7, 11) is 6.86. The van der Waals surface area contributed by atoms with Gasteiger partial charge in [0.2, 0.25) is 0 Å². The topological polar surface area (TPSA) is 129 Å². The zero-order valence-corrected chi connectivity index (χ0v) is 20.9. The minimum atomic E-state index is -0.868. The number of hydrazine groups is 1. The molecule has 0 bridgehead atoms. The van der Waals surface area contributed by atoms with Crippen LogP contribution in [0, 0.1) is 0 Å². The van der Waals surface area contributed by atoms with E-state index in [9.17, 15) is 9.59 Å². The molecule has 2 aromatic rings. The molecule has 0 fully saturated rings. The van der Waals surface area contributed by atoms with E-state index in [0.717, 1.165) is 17.7 Å². The van der Waals surface area contributed by atoms with Crippen LogP contribution in [0.3, 0.4) is 0 Å². The lowest BCUT2D eigenvalue weighted by Crippen LogP contribution is -2.48. The summed E-state index contributed by atoms with van der Waals surface area (Å²) in [5, 5.41) is 7.62. The number of nitrogens with one attached hydrogen (secondary N) is 2. The summed E-state index contributed by atoms with van der Waals surface area (Å²) in [6.45, 7) is 4.91. The summed E-state index contributed by atoms with van der Waals surface area (Å²) < 4.78 is 0. The zero-order chi connectivity index (χ0) is 25.5. The second-order valence-corrected chi connectivity index (χ2v) is 8.75. The molecule has 2 amide bonds. The van der Waals surface area contributed by atoms with Crippen LogP contribution < -0.4 is 22.4 Å². The number of hydrazone groups is 1. The number of amides is 2. The van der Waals surface area contributed by atoms with Crippen molar-refractivity contribution >= 4 is 17.6 Å². The van der Waals surface area contributed by atoms with Crippen LogP contribution in [0.25, 0.3) is 0 Å². The van der Waals surface area contributed by atoms with Crippen molar-refractivity contribution in [3.63, 3.8) is 0 Å². The summed E-state index contributed by atoms with van der Waals surface area (Å²) in [4.78, 5) is 27.9. The third-order valence-corrected chi connectivity index (χ3v) is 5.85. The molecule has 6 N–H and O–H groups in total. The fraction of sp³-hybridized carbons (Fsp3) is 0.400. The van der Waals surface area contributed by atoms with Gasteiger partial charge in [-0.2, -0.15) is 5.10 Å². The molecule has 1 unspecified atom stereocenters. The van der Waals surface area contributed by atoms with E-state index in [0.29, 0.717) is 17.5 Å². The number of nitrogens with two attached hydrogens (primary N) is 2. The highest BCUT2D eigenvalue weighted by Crippen LogP contribution is 2.38. The van der Waals surface area contributed by atoms with Crippen LogP contribution in [0.5, 0.6) is 0 Å². The highest BCUT2D eigenvalue weighted by atomic mass is 16.2. The Hall–Kier alpha value is -3.43. The van der Waals surface area contributed by atoms with Gasteiger partial charge >= 0.3 is 0 Å². The number of hydrogen-bond donors (Lipinski definition) is 4. The fourth-order valence-corrected chi connectivity index (χ4v) is 4.16. The van der Waals surface area contributed by atoms with E-state index in [-0.39, 0.29) is 23.7 Å². The van der Waals surface area contributed by atoms with Crippen LogP contribution in [0.2, 0.25) is 0 Å². The Kier molecular flexibility index (Phi) is 9.17. The Morgan fingerprint density at radius 1 is 0.912 bits per heavy atom. The van der Waals surface area contributed by atoms with Gasteiger partial charge in [-0.15, -0.1) is 0 Å². The first-order valence-electron chi connectivity index (χ1n) is 11.3. The molecule has 0 aromatic heterocycles. The predicted octanol–water partition coefficient (Wildman–Crippen LogP) is 1.50. The van der Waals surface area contributed by atoms with Crippen molar-refractivity contribution < 1.29 is 9.59 Å². The third kappa shape index (κ3) is 5.73. The predicted molar refractivity (Wildman–Crippen MR) is 136 cm³/mol. The monoisotopic (exact) mass is 467 g/mol. The standard InChI is InChI=1S/C25H37N7O2/c1-7-28-17(2)16-25(24(26)29-30-27,20-12-8-18(9-13-20)22(33)31(3)4)21-14-10-19(11-15-21)23(34)32(5)6/h8-15,17,28,30H,7,16,27H2,1-6H3,(H2,26,29). The third-order valence-electron chi connectivity index (χ3n) is 5.85. The summed E-state index contributed by atoms with van der Waals surface area (Å²) in [6.07, 6.45) is 0.569. The van der Waals surface area contributed by atoms with Gasteiger partial charge in [0.15, 0.2) is 0 Å². The number of nitrogens with zero attached hydrogens (tertiary/aromatic N) is 3. The Morgan fingerprint density at radius 2 is 1.32 bits per heavy atom. The molecule has 0 aliphatic carbocycles. The Bertz CT molecular complexity index is 935. The van der Waals surface area contributed by atoms with Crippen LogP contribution in [0.1, 0.15) is 52.1 Å². The zero-order valence-electron chi connectivity index (χ0n) is 20.9. The molecule has 0 saturated carbocycles. The van der Waals surface area contributed by atoms with E-state index in [2.05, 4.69) is 22.9 Å². The number of hydrogen-bond acceptors (Lipinski definition) is 6. The molecule has 9 heteroatoms. The van der Waals surface area contributed by atoms with E-state index in [1.54, 1.807) is 52.5 Å². The lowest BCUT2D eigenvalue weighted by Gasteiger charge is -2.37. The van der Waals surface area contributed by atoms with Crippen LogP contribution in [0.4, 0.5) is 0 Å². The van der Waals surface area contributed by atoms with Gasteiger partial charge in [-0.25, -0.2) is 11.4 Å². The summed E-state index contributed by atoms with van der Waals surface area (Å²) in [5.41, 5.74) is 10.9. The lowest BCUT2D eigenvalue weighted by atomic mass is 9.69. The second-order valence-electron chi connectivity index (χ2n) is 8.75. The van der Waals surface area contributed by atoms with Crippen molar-refractivity contribution in [2.75, 3.05) is 34.7 Å². The molecular formula is C25H37N7O2. The number of carbonyl (C=O) groups excluding carboxylic acids is 2. The largest absolute Gasteiger partial charge is 0.385 e. The maximum Gasteiger partial charge on any atom is 0.253 e. The molecule has 184 valence electrons. The van der Waals surface area contributed by atoms with E-state index in [1.807, 2.05) is 31.2 Å². The average molecular weight is 468 g/mol. The van der Waals surface area contributed by atoms with Crippen LogP contribution >= 0.6 is 0 Å². The van der Waals surface area contributed by atoms with Crippen molar-refractivity contribution in [1.82, 2.24) is 20.7 Å². The fourth-order valence-electron chi connectivity index (χ4n) is 4.16. The molecule has 2 aromatic carbocycles. The maximum absolute atomic E-state index is 12.4. The lowest BCUT2D eigenvalue weighted by molar-refractivity contribution is 0.0820. The van der Waals surface area contributed by atoms with Gasteiger partial charge in [0.05, 0.1) is 5.41 Å². The molecule has 0 heterocycles. The molecule has 9 nitrogen and oxygen atoms in total. The van der Waals surface area contributed by atoms with Gasteiger partial charge in [-0.3, -0.25) is 9.59 Å². The Labute approximate surface area is 202 Å². The number of amidine groups is 1. The van der Waals surface area contributed by atoms with Crippen molar-refractivity contribution in [2.24, 2.45) is 16.7 Å². The van der Waals surface area contributed by atoms with Crippen LogP contribution in [-0.2, 0) is 5.41 Å². The Balaban J connectivity index is 2.73. The van der Waals surface area contributed by atoms with Gasteiger partial charge < -0.3 is 20.9 Å². The van der Waals surface area contributed by atoms with E-state index in [4.69, 9.17) is 11.6 Å². The quantitative estimate of drug-likeness (QED) is 0.181. The number of carbonyl (C=O) groups is 2. The SMILES string of the molecule is CCNC(C)CC(/C(N)=N/NN)(c1ccc(C(=O)N(C)C)cc1)c1ccc(C(=O)N(C)C)cc1. The molecule has 34 heavy (non-hydrogen) atoms. The van der Waals surface area contributed by atoms with Crippen molar-refractivity contribution in [3.05, 3.63) is 70.8 Å². The molecule has 0 aliphatic heterocycles. The number of rotatable bonds is 10. The summed E-state index contributed by atoms with van der Waals surface area (Å²) in [6, 6.07) is 14.8. The molecule has 0 saturated heterocycles. The molecule has 0 spiro atoms. The van der Waals surface area contributed by atoms with Crippen LogP contribution in [-0.4, -0.2) is 68.2 Å². The van der Waals surface area contributed by atoms with Gasteiger partial charge in [0.1, 0.15) is 5.84 Å². The van der Waals surface area contributed by atoms with Crippen molar-refractivity contribution in [1.29, 1.82) is 0 Å². The van der Waals surface area contributed by atoms with E-state index >= 15 is 0 Å². The first-order chi connectivity index (χ1) is 16.1. The van der Waals surface area contributed by atoms with Crippen molar-refractivity contribution in [3.8, 4) is 0 Å². The first kappa shape index (κ1) is 26.8. The molecule has 0 aliphatic rings. The minimum absolute atomic E-state index is 0.0719. The number of benzene rings is 2. The van der Waals surface area contributed by atoms with Gasteiger partial charge in [0, 0.05) is 45.4 Å².